The Morgan fingerprint density at radius 1 is 1.56 bits per heavy atom. The lowest BCUT2D eigenvalue weighted by Gasteiger charge is -2.29. The lowest BCUT2D eigenvalue weighted by Crippen LogP contribution is -2.32. The van der Waals surface area contributed by atoms with Crippen molar-refractivity contribution >= 4 is 0 Å². The van der Waals surface area contributed by atoms with Crippen LogP contribution >= 0.6 is 0 Å². The zero-order chi connectivity index (χ0) is 11.4. The minimum absolute atomic E-state index is 0.595. The van der Waals surface area contributed by atoms with Gasteiger partial charge >= 0.3 is 0 Å². The van der Waals surface area contributed by atoms with Crippen LogP contribution in [0, 0.1) is 5.92 Å². The van der Waals surface area contributed by atoms with Crippen molar-refractivity contribution in [3.63, 3.8) is 0 Å². The molecular formula is C13H23N3. The Hall–Kier alpha value is -0.830. The summed E-state index contributed by atoms with van der Waals surface area (Å²) < 4.78 is 2.24. The molecule has 0 bridgehead atoms. The highest BCUT2D eigenvalue weighted by atomic mass is 15.1. The topological polar surface area (TPSA) is 29.9 Å². The van der Waals surface area contributed by atoms with Gasteiger partial charge in [-0.2, -0.15) is 0 Å². The molecule has 1 N–H and O–H groups in total. The van der Waals surface area contributed by atoms with Crippen LogP contribution in [0.2, 0.25) is 0 Å². The standard InChI is InChI=1S/C13H23N3/c1-3-16-8-7-15-13(16)10-12(14-2)9-11-5-4-6-11/h7-8,11-12,14H,3-6,9-10H2,1-2H3. The second-order valence-corrected chi connectivity index (χ2v) is 4.85. The highest BCUT2D eigenvalue weighted by molar-refractivity contribution is 4.96. The minimum Gasteiger partial charge on any atom is -0.335 e. The van der Waals surface area contributed by atoms with E-state index in [-0.39, 0.29) is 0 Å². The number of hydrogen-bond donors (Lipinski definition) is 1. The first-order chi connectivity index (χ1) is 7.83. The van der Waals surface area contributed by atoms with Crippen molar-refractivity contribution in [3.8, 4) is 0 Å². The second kappa shape index (κ2) is 5.48. The van der Waals surface area contributed by atoms with Crippen LogP contribution in [0.3, 0.4) is 0 Å². The molecular weight excluding hydrogens is 198 g/mol. The lowest BCUT2D eigenvalue weighted by molar-refractivity contribution is 0.262. The van der Waals surface area contributed by atoms with Crippen LogP contribution in [0.15, 0.2) is 12.4 Å². The largest absolute Gasteiger partial charge is 0.335 e. The first-order valence-electron chi connectivity index (χ1n) is 6.50. The van der Waals surface area contributed by atoms with Gasteiger partial charge in [0.15, 0.2) is 0 Å². The number of nitrogens with one attached hydrogen (secondary N) is 1. The molecule has 0 aromatic carbocycles. The molecule has 0 radical (unpaired) electrons. The first-order valence-corrected chi connectivity index (χ1v) is 6.50. The summed E-state index contributed by atoms with van der Waals surface area (Å²) in [6.07, 6.45) is 10.7. The molecule has 0 aliphatic heterocycles. The first kappa shape index (κ1) is 11.6. The number of aromatic nitrogens is 2. The Labute approximate surface area is 98.3 Å². The number of nitrogens with zero attached hydrogens (tertiary/aromatic N) is 2. The molecule has 1 aliphatic rings. The van der Waals surface area contributed by atoms with Crippen LogP contribution in [-0.2, 0) is 13.0 Å². The van der Waals surface area contributed by atoms with Gasteiger partial charge < -0.3 is 9.88 Å². The van der Waals surface area contributed by atoms with E-state index in [0.717, 1.165) is 18.9 Å². The summed E-state index contributed by atoms with van der Waals surface area (Å²) in [5.41, 5.74) is 0. The Morgan fingerprint density at radius 3 is 2.94 bits per heavy atom. The molecule has 1 aromatic heterocycles. The molecule has 0 saturated heterocycles. The molecule has 1 unspecified atom stereocenters. The predicted octanol–water partition coefficient (Wildman–Crippen LogP) is 2.22. The van der Waals surface area contributed by atoms with Crippen LogP contribution in [0.4, 0.5) is 0 Å². The van der Waals surface area contributed by atoms with Crippen molar-refractivity contribution < 1.29 is 0 Å². The van der Waals surface area contributed by atoms with E-state index in [2.05, 4.69) is 35.0 Å². The van der Waals surface area contributed by atoms with Gasteiger partial charge in [0.05, 0.1) is 0 Å². The summed E-state index contributed by atoms with van der Waals surface area (Å²) in [6.45, 7) is 3.20. The molecule has 2 rings (SSSR count). The molecule has 1 fully saturated rings. The van der Waals surface area contributed by atoms with Gasteiger partial charge in [-0.25, -0.2) is 4.98 Å². The van der Waals surface area contributed by atoms with Gasteiger partial charge in [-0.05, 0) is 26.3 Å². The van der Waals surface area contributed by atoms with Crippen LogP contribution in [-0.4, -0.2) is 22.6 Å². The van der Waals surface area contributed by atoms with Crippen molar-refractivity contribution in [1.29, 1.82) is 0 Å². The number of imidazole rings is 1. The fourth-order valence-electron chi connectivity index (χ4n) is 2.47. The van der Waals surface area contributed by atoms with E-state index in [1.807, 2.05) is 6.20 Å². The summed E-state index contributed by atoms with van der Waals surface area (Å²) in [7, 11) is 2.07. The quantitative estimate of drug-likeness (QED) is 0.798. The molecule has 3 heteroatoms. The average molecular weight is 221 g/mol. The number of likely N-dealkylation sites (N-methyl/N-ethyl adjacent to an activating group) is 1. The number of aryl methyl sites for hydroxylation is 1. The van der Waals surface area contributed by atoms with Gasteiger partial charge in [-0.3, -0.25) is 0 Å². The predicted molar refractivity (Wildman–Crippen MR) is 66.4 cm³/mol. The Kier molecular flexibility index (Phi) is 3.99. The summed E-state index contributed by atoms with van der Waals surface area (Å²) in [4.78, 5) is 4.45. The Morgan fingerprint density at radius 2 is 2.38 bits per heavy atom. The highest BCUT2D eigenvalue weighted by Crippen LogP contribution is 2.30. The number of hydrogen-bond acceptors (Lipinski definition) is 2. The van der Waals surface area contributed by atoms with Gasteiger partial charge in [-0.1, -0.05) is 19.3 Å². The highest BCUT2D eigenvalue weighted by Gasteiger charge is 2.22. The average Bonchev–Trinajstić information content (AvgIpc) is 2.68. The third-order valence-corrected chi connectivity index (χ3v) is 3.82. The SMILES string of the molecule is CCn1ccnc1CC(CC1CCC1)NC. The van der Waals surface area contributed by atoms with E-state index >= 15 is 0 Å². The van der Waals surface area contributed by atoms with Gasteiger partial charge in [0.1, 0.15) is 5.82 Å². The second-order valence-electron chi connectivity index (χ2n) is 4.85. The summed E-state index contributed by atoms with van der Waals surface area (Å²) in [6, 6.07) is 0.595. The summed E-state index contributed by atoms with van der Waals surface area (Å²) in [5.74, 6) is 2.18. The van der Waals surface area contributed by atoms with Crippen molar-refractivity contribution in [3.05, 3.63) is 18.2 Å². The fraction of sp³-hybridized carbons (Fsp3) is 0.769. The Balaban J connectivity index is 1.89. The van der Waals surface area contributed by atoms with Crippen LogP contribution in [0.1, 0.15) is 38.4 Å². The molecule has 1 aromatic rings. The van der Waals surface area contributed by atoms with Gasteiger partial charge in [-0.15, -0.1) is 0 Å². The third-order valence-electron chi connectivity index (χ3n) is 3.82. The van der Waals surface area contributed by atoms with Crippen molar-refractivity contribution in [2.45, 2.75) is 51.6 Å². The van der Waals surface area contributed by atoms with E-state index in [4.69, 9.17) is 0 Å². The van der Waals surface area contributed by atoms with Crippen LogP contribution in [0.5, 0.6) is 0 Å². The molecule has 3 nitrogen and oxygen atoms in total. The molecule has 1 atom stereocenters. The fourth-order valence-corrected chi connectivity index (χ4v) is 2.47. The van der Waals surface area contributed by atoms with Crippen LogP contribution < -0.4 is 5.32 Å². The van der Waals surface area contributed by atoms with E-state index in [0.29, 0.717) is 6.04 Å². The maximum atomic E-state index is 4.45. The maximum Gasteiger partial charge on any atom is 0.110 e. The van der Waals surface area contributed by atoms with Crippen molar-refractivity contribution in [2.75, 3.05) is 7.05 Å². The van der Waals surface area contributed by atoms with Gasteiger partial charge in [0.2, 0.25) is 0 Å². The molecule has 0 spiro atoms. The summed E-state index contributed by atoms with van der Waals surface area (Å²) in [5, 5.41) is 3.44. The molecule has 1 saturated carbocycles. The lowest BCUT2D eigenvalue weighted by atomic mass is 9.80. The Bertz CT molecular complexity index is 315. The smallest absolute Gasteiger partial charge is 0.110 e. The molecule has 1 aliphatic carbocycles. The minimum atomic E-state index is 0.595. The van der Waals surface area contributed by atoms with E-state index in [1.54, 1.807) is 0 Å². The van der Waals surface area contributed by atoms with Crippen LogP contribution in [0.25, 0.3) is 0 Å². The third kappa shape index (κ3) is 2.64. The monoisotopic (exact) mass is 221 g/mol. The zero-order valence-electron chi connectivity index (χ0n) is 10.4. The van der Waals surface area contributed by atoms with E-state index in [1.165, 1.54) is 31.5 Å². The summed E-state index contributed by atoms with van der Waals surface area (Å²) >= 11 is 0. The maximum absolute atomic E-state index is 4.45. The van der Waals surface area contributed by atoms with E-state index < -0.39 is 0 Å². The van der Waals surface area contributed by atoms with Crippen molar-refractivity contribution in [2.24, 2.45) is 5.92 Å². The van der Waals surface area contributed by atoms with Gasteiger partial charge in [0, 0.05) is 31.4 Å². The molecule has 1 heterocycles. The molecule has 16 heavy (non-hydrogen) atoms. The van der Waals surface area contributed by atoms with Gasteiger partial charge in [0.25, 0.3) is 0 Å². The van der Waals surface area contributed by atoms with E-state index in [9.17, 15) is 0 Å². The zero-order valence-corrected chi connectivity index (χ0v) is 10.4. The normalized spacial score (nSPS) is 18.4. The number of rotatable bonds is 6. The molecule has 0 amide bonds. The molecule has 90 valence electrons. The van der Waals surface area contributed by atoms with Crippen molar-refractivity contribution in [1.82, 2.24) is 14.9 Å².